The maximum Gasteiger partial charge on any atom is 0.229 e. The lowest BCUT2D eigenvalue weighted by atomic mass is 9.74. The minimum absolute atomic E-state index is 0.0565. The number of fused-ring (bicyclic) bond motifs is 4. The molecule has 0 saturated carbocycles. The zero-order valence-electron chi connectivity index (χ0n) is 19.7. The summed E-state index contributed by atoms with van der Waals surface area (Å²) in [6.07, 6.45) is 13.6. The molecule has 2 aromatic rings. The van der Waals surface area contributed by atoms with Crippen LogP contribution in [0.25, 0.3) is 5.65 Å². The molecule has 1 amide bonds. The van der Waals surface area contributed by atoms with Gasteiger partial charge in [-0.05, 0) is 32.7 Å². The highest BCUT2D eigenvalue weighted by molar-refractivity contribution is 5.82. The molecule has 4 aliphatic heterocycles. The molecular weight excluding hydrogens is 428 g/mol. The molecular formula is C26H32N6O2. The molecule has 0 aromatic carbocycles. The lowest BCUT2D eigenvalue weighted by molar-refractivity contribution is -0.142. The zero-order chi connectivity index (χ0) is 22.9. The van der Waals surface area contributed by atoms with Crippen molar-refractivity contribution in [2.24, 2.45) is 17.8 Å². The Morgan fingerprint density at radius 3 is 2.88 bits per heavy atom. The van der Waals surface area contributed by atoms with Crippen molar-refractivity contribution in [1.82, 2.24) is 24.8 Å². The SMILES string of the molecule is Cc1cnn2c(N3CC(C(=O)N4CCC5(CC4)OCC4C=CC=CC45)C3)c3c(nc12)CNCC3. The first kappa shape index (κ1) is 20.6. The molecule has 8 nitrogen and oxygen atoms in total. The van der Waals surface area contributed by atoms with Crippen LogP contribution in [0.1, 0.15) is 29.7 Å². The third kappa shape index (κ3) is 3.01. The molecule has 1 N–H and O–H groups in total. The number of nitrogens with one attached hydrogen (secondary N) is 1. The number of carbonyl (C=O) groups is 1. The van der Waals surface area contributed by atoms with Crippen LogP contribution >= 0.6 is 0 Å². The van der Waals surface area contributed by atoms with E-state index in [1.807, 2.05) is 10.7 Å². The summed E-state index contributed by atoms with van der Waals surface area (Å²) in [7, 11) is 0. The van der Waals surface area contributed by atoms with Gasteiger partial charge in [-0.1, -0.05) is 24.3 Å². The predicted octanol–water partition coefficient (Wildman–Crippen LogP) is 1.87. The first-order chi connectivity index (χ1) is 16.6. The minimum Gasteiger partial charge on any atom is -0.374 e. The van der Waals surface area contributed by atoms with E-state index in [9.17, 15) is 4.79 Å². The molecule has 3 saturated heterocycles. The number of aromatic nitrogens is 3. The quantitative estimate of drug-likeness (QED) is 0.738. The fourth-order valence-electron chi connectivity index (χ4n) is 6.70. The van der Waals surface area contributed by atoms with Gasteiger partial charge in [0.2, 0.25) is 5.91 Å². The van der Waals surface area contributed by atoms with Crippen LogP contribution in [-0.2, 0) is 22.5 Å². The van der Waals surface area contributed by atoms with E-state index in [-0.39, 0.29) is 11.5 Å². The second kappa shape index (κ2) is 7.65. The number of amides is 1. The van der Waals surface area contributed by atoms with E-state index in [1.165, 1.54) is 5.56 Å². The van der Waals surface area contributed by atoms with Gasteiger partial charge in [0, 0.05) is 55.7 Å². The number of hydrogen-bond acceptors (Lipinski definition) is 6. The molecule has 0 bridgehead atoms. The molecule has 3 fully saturated rings. The predicted molar refractivity (Wildman–Crippen MR) is 129 cm³/mol. The topological polar surface area (TPSA) is 75.0 Å². The van der Waals surface area contributed by atoms with Gasteiger partial charge in [-0.15, -0.1) is 0 Å². The van der Waals surface area contributed by atoms with E-state index in [4.69, 9.17) is 9.72 Å². The minimum atomic E-state index is -0.0813. The van der Waals surface area contributed by atoms with Crippen molar-refractivity contribution in [3.63, 3.8) is 0 Å². The van der Waals surface area contributed by atoms with Crippen LogP contribution in [0.3, 0.4) is 0 Å². The number of nitrogens with zero attached hydrogens (tertiary/aromatic N) is 5. The van der Waals surface area contributed by atoms with E-state index in [0.717, 1.165) is 87.9 Å². The molecule has 0 radical (unpaired) electrons. The summed E-state index contributed by atoms with van der Waals surface area (Å²) in [5.74, 6) is 2.45. The van der Waals surface area contributed by atoms with E-state index >= 15 is 0 Å². The van der Waals surface area contributed by atoms with Crippen LogP contribution in [-0.4, -0.2) is 70.3 Å². The average Bonchev–Trinajstić information content (AvgIpc) is 3.39. The summed E-state index contributed by atoms with van der Waals surface area (Å²) in [5.41, 5.74) is 4.33. The number of piperidine rings is 1. The summed E-state index contributed by atoms with van der Waals surface area (Å²) in [4.78, 5) is 22.7. The first-order valence-electron chi connectivity index (χ1n) is 12.7. The Balaban J connectivity index is 1.05. The van der Waals surface area contributed by atoms with E-state index in [2.05, 4.69) is 51.4 Å². The van der Waals surface area contributed by atoms with Gasteiger partial charge in [0.1, 0.15) is 5.82 Å². The largest absolute Gasteiger partial charge is 0.374 e. The maximum atomic E-state index is 13.4. The number of hydrogen-bond donors (Lipinski definition) is 1. The van der Waals surface area contributed by atoms with Gasteiger partial charge in [-0.3, -0.25) is 4.79 Å². The van der Waals surface area contributed by atoms with Crippen LogP contribution < -0.4 is 10.2 Å². The van der Waals surface area contributed by atoms with E-state index in [1.54, 1.807) is 0 Å². The Kier molecular flexibility index (Phi) is 4.64. The van der Waals surface area contributed by atoms with E-state index < -0.39 is 0 Å². The summed E-state index contributed by atoms with van der Waals surface area (Å²) in [6.45, 7) is 7.73. The highest BCUT2D eigenvalue weighted by atomic mass is 16.5. The number of rotatable bonds is 2. The first-order valence-corrected chi connectivity index (χ1v) is 12.7. The highest BCUT2D eigenvalue weighted by Crippen LogP contribution is 2.46. The van der Waals surface area contributed by atoms with Crippen LogP contribution in [0.15, 0.2) is 30.5 Å². The third-order valence-electron chi connectivity index (χ3n) is 8.70. The van der Waals surface area contributed by atoms with Gasteiger partial charge in [0.25, 0.3) is 0 Å². The van der Waals surface area contributed by atoms with Gasteiger partial charge in [-0.2, -0.15) is 9.61 Å². The third-order valence-corrected chi connectivity index (χ3v) is 8.70. The average molecular weight is 461 g/mol. The molecule has 2 unspecified atom stereocenters. The zero-order valence-corrected chi connectivity index (χ0v) is 19.7. The Labute approximate surface area is 199 Å². The van der Waals surface area contributed by atoms with Gasteiger partial charge in [-0.25, -0.2) is 4.98 Å². The fourth-order valence-corrected chi connectivity index (χ4v) is 6.70. The second-order valence-corrected chi connectivity index (χ2v) is 10.6. The van der Waals surface area contributed by atoms with Crippen LogP contribution in [0.2, 0.25) is 0 Å². The molecule has 34 heavy (non-hydrogen) atoms. The number of likely N-dealkylation sites (tertiary alicyclic amines) is 1. The van der Waals surface area contributed by atoms with Crippen molar-refractivity contribution in [1.29, 1.82) is 0 Å². The van der Waals surface area contributed by atoms with Crippen molar-refractivity contribution < 1.29 is 9.53 Å². The Bertz CT molecular complexity index is 1200. The highest BCUT2D eigenvalue weighted by Gasteiger charge is 2.50. The maximum absolute atomic E-state index is 13.4. The van der Waals surface area contributed by atoms with Crippen molar-refractivity contribution in [2.45, 2.75) is 38.3 Å². The number of anilines is 1. The molecule has 1 spiro atoms. The van der Waals surface area contributed by atoms with Crippen molar-refractivity contribution in [3.05, 3.63) is 47.3 Å². The molecule has 6 heterocycles. The summed E-state index contributed by atoms with van der Waals surface area (Å²) in [6, 6.07) is 0. The monoisotopic (exact) mass is 460 g/mol. The lowest BCUT2D eigenvalue weighted by Crippen LogP contribution is -2.58. The normalized spacial score (nSPS) is 27.8. The Morgan fingerprint density at radius 2 is 2.03 bits per heavy atom. The lowest BCUT2D eigenvalue weighted by Gasteiger charge is -2.46. The smallest absolute Gasteiger partial charge is 0.229 e. The van der Waals surface area contributed by atoms with Gasteiger partial charge in [0.05, 0.1) is 30.0 Å². The van der Waals surface area contributed by atoms with Crippen molar-refractivity contribution >= 4 is 17.4 Å². The Morgan fingerprint density at radius 1 is 1.21 bits per heavy atom. The van der Waals surface area contributed by atoms with Crippen LogP contribution in [0.5, 0.6) is 0 Å². The summed E-state index contributed by atoms with van der Waals surface area (Å²) >= 11 is 0. The number of aryl methyl sites for hydroxylation is 1. The van der Waals surface area contributed by atoms with E-state index in [0.29, 0.717) is 17.7 Å². The fraction of sp³-hybridized carbons (Fsp3) is 0.577. The molecule has 8 heteroatoms. The summed E-state index contributed by atoms with van der Waals surface area (Å²) < 4.78 is 8.35. The van der Waals surface area contributed by atoms with Gasteiger partial charge >= 0.3 is 0 Å². The van der Waals surface area contributed by atoms with Crippen molar-refractivity contribution in [3.8, 4) is 0 Å². The molecule has 2 aromatic heterocycles. The van der Waals surface area contributed by atoms with Gasteiger partial charge < -0.3 is 19.9 Å². The number of allylic oxidation sites excluding steroid dienone is 2. The second-order valence-electron chi connectivity index (χ2n) is 10.6. The number of ether oxygens (including phenoxy) is 1. The van der Waals surface area contributed by atoms with Crippen molar-refractivity contribution in [2.75, 3.05) is 44.2 Å². The standard InChI is InChI=1S/C26H32N6O2/c1-17-12-28-32-23(17)29-22-13-27-9-6-20(22)24(32)31-14-19(15-31)25(33)30-10-7-26(8-11-30)21-5-3-2-4-18(21)16-34-26/h2-5,12,18-19,21,27H,6-11,13-16H2,1H3. The van der Waals surface area contributed by atoms with Gasteiger partial charge in [0.15, 0.2) is 5.65 Å². The Hall–Kier alpha value is -2.71. The van der Waals surface area contributed by atoms with Crippen LogP contribution in [0.4, 0.5) is 5.82 Å². The van der Waals surface area contributed by atoms with Crippen LogP contribution in [0, 0.1) is 24.7 Å². The molecule has 1 aliphatic carbocycles. The molecule has 7 rings (SSSR count). The summed E-state index contributed by atoms with van der Waals surface area (Å²) in [5, 5.41) is 8.07. The molecule has 5 aliphatic rings. The number of carbonyl (C=O) groups excluding carboxylic acids is 1. The molecule has 2 atom stereocenters. The molecule has 178 valence electrons.